The summed E-state index contributed by atoms with van der Waals surface area (Å²) in [6, 6.07) is 17.2. The Morgan fingerprint density at radius 3 is 2.55 bits per heavy atom. The minimum atomic E-state index is 0.111. The molecule has 2 nitrogen and oxygen atoms in total. The van der Waals surface area contributed by atoms with Crippen LogP contribution in [0.3, 0.4) is 0 Å². The fraction of sp³-hybridized carbons (Fsp3) is 0.222. The van der Waals surface area contributed by atoms with Crippen molar-refractivity contribution in [2.45, 2.75) is 19.9 Å². The van der Waals surface area contributed by atoms with Crippen molar-refractivity contribution in [3.8, 4) is 0 Å². The van der Waals surface area contributed by atoms with Crippen LogP contribution in [0, 0.1) is 6.92 Å². The fourth-order valence-electron chi connectivity index (χ4n) is 2.63. The van der Waals surface area contributed by atoms with Crippen LogP contribution in [0.5, 0.6) is 0 Å². The summed E-state index contributed by atoms with van der Waals surface area (Å²) in [5.41, 5.74) is 2.42. The maximum atomic E-state index is 5.68. The van der Waals surface area contributed by atoms with E-state index in [1.165, 1.54) is 21.9 Å². The molecular weight excluding hydrogens is 246 g/mol. The number of hydrogen-bond donors (Lipinski definition) is 1. The van der Waals surface area contributed by atoms with E-state index in [4.69, 9.17) is 4.42 Å². The van der Waals surface area contributed by atoms with Gasteiger partial charge in [-0.25, -0.2) is 0 Å². The molecule has 0 aliphatic rings. The molecule has 2 aromatic carbocycles. The van der Waals surface area contributed by atoms with Crippen LogP contribution in [0.1, 0.15) is 29.9 Å². The summed E-state index contributed by atoms with van der Waals surface area (Å²) < 4.78 is 5.68. The number of rotatable bonds is 4. The first-order valence-corrected chi connectivity index (χ1v) is 7.05. The zero-order valence-corrected chi connectivity index (χ0v) is 11.9. The van der Waals surface area contributed by atoms with Crippen LogP contribution in [0.4, 0.5) is 0 Å². The Morgan fingerprint density at radius 1 is 1.05 bits per heavy atom. The number of aryl methyl sites for hydroxylation is 1. The maximum Gasteiger partial charge on any atom is 0.128 e. The third kappa shape index (κ3) is 2.35. The second-order valence-electron chi connectivity index (χ2n) is 5.07. The zero-order valence-electron chi connectivity index (χ0n) is 11.9. The van der Waals surface area contributed by atoms with E-state index in [1.54, 1.807) is 6.26 Å². The minimum Gasteiger partial charge on any atom is -0.467 e. The van der Waals surface area contributed by atoms with Gasteiger partial charge in [0.05, 0.1) is 12.3 Å². The van der Waals surface area contributed by atoms with E-state index in [0.717, 1.165) is 12.3 Å². The van der Waals surface area contributed by atoms with Gasteiger partial charge in [0, 0.05) is 0 Å². The molecule has 0 spiro atoms. The lowest BCUT2D eigenvalue weighted by Gasteiger charge is -2.17. The molecule has 1 unspecified atom stereocenters. The third-order valence-electron chi connectivity index (χ3n) is 3.68. The molecule has 1 aromatic heterocycles. The highest BCUT2D eigenvalue weighted by atomic mass is 16.3. The summed E-state index contributed by atoms with van der Waals surface area (Å²) in [5, 5.41) is 6.04. The van der Waals surface area contributed by atoms with Gasteiger partial charge >= 0.3 is 0 Å². The Hall–Kier alpha value is -2.06. The SMILES string of the molecule is CCNC(c1ccc2ccccc2c1)c1occc1C. The molecule has 0 aliphatic heterocycles. The molecule has 0 radical (unpaired) electrons. The summed E-state index contributed by atoms with van der Waals surface area (Å²) in [6.45, 7) is 5.11. The Balaban J connectivity index is 2.07. The van der Waals surface area contributed by atoms with Gasteiger partial charge in [-0.1, -0.05) is 43.3 Å². The molecule has 0 saturated heterocycles. The van der Waals surface area contributed by atoms with Gasteiger partial charge in [0.2, 0.25) is 0 Å². The number of nitrogens with one attached hydrogen (secondary N) is 1. The average molecular weight is 265 g/mol. The van der Waals surface area contributed by atoms with Gasteiger partial charge in [-0.15, -0.1) is 0 Å². The van der Waals surface area contributed by atoms with E-state index in [9.17, 15) is 0 Å². The topological polar surface area (TPSA) is 25.2 Å². The van der Waals surface area contributed by atoms with Crippen molar-refractivity contribution < 1.29 is 4.42 Å². The summed E-state index contributed by atoms with van der Waals surface area (Å²) in [4.78, 5) is 0. The van der Waals surface area contributed by atoms with E-state index in [2.05, 4.69) is 61.6 Å². The molecule has 0 fully saturated rings. The highest BCUT2D eigenvalue weighted by molar-refractivity contribution is 5.83. The van der Waals surface area contributed by atoms with Gasteiger partial charge in [-0.05, 0) is 47.5 Å². The Labute approximate surface area is 119 Å². The number of furan rings is 1. The molecule has 3 aromatic rings. The van der Waals surface area contributed by atoms with E-state index >= 15 is 0 Å². The second kappa shape index (κ2) is 5.51. The largest absolute Gasteiger partial charge is 0.467 e. The van der Waals surface area contributed by atoms with Gasteiger partial charge in [0.15, 0.2) is 0 Å². The van der Waals surface area contributed by atoms with Crippen LogP contribution in [0.25, 0.3) is 10.8 Å². The van der Waals surface area contributed by atoms with E-state index < -0.39 is 0 Å². The number of fused-ring (bicyclic) bond motifs is 1. The van der Waals surface area contributed by atoms with Crippen molar-refractivity contribution in [1.29, 1.82) is 0 Å². The molecule has 0 saturated carbocycles. The lowest BCUT2D eigenvalue weighted by atomic mass is 9.98. The average Bonchev–Trinajstić information content (AvgIpc) is 2.90. The summed E-state index contributed by atoms with van der Waals surface area (Å²) in [7, 11) is 0. The molecule has 0 aliphatic carbocycles. The van der Waals surface area contributed by atoms with Crippen LogP contribution < -0.4 is 5.32 Å². The minimum absolute atomic E-state index is 0.111. The van der Waals surface area contributed by atoms with Crippen LogP contribution in [0.2, 0.25) is 0 Å². The van der Waals surface area contributed by atoms with Crippen LogP contribution >= 0.6 is 0 Å². The zero-order chi connectivity index (χ0) is 13.9. The van der Waals surface area contributed by atoms with Crippen molar-refractivity contribution in [2.75, 3.05) is 6.54 Å². The molecule has 2 heteroatoms. The quantitative estimate of drug-likeness (QED) is 0.754. The Bertz CT molecular complexity index is 714. The molecular formula is C18H19NO. The van der Waals surface area contributed by atoms with Crippen molar-refractivity contribution in [2.24, 2.45) is 0 Å². The Morgan fingerprint density at radius 2 is 1.85 bits per heavy atom. The predicted octanol–water partition coefficient (Wildman–Crippen LogP) is 4.44. The van der Waals surface area contributed by atoms with Gasteiger partial charge < -0.3 is 9.73 Å². The first kappa shape index (κ1) is 12.9. The first-order valence-electron chi connectivity index (χ1n) is 7.05. The molecule has 1 N–H and O–H groups in total. The molecule has 20 heavy (non-hydrogen) atoms. The van der Waals surface area contributed by atoms with E-state index in [1.807, 2.05) is 6.07 Å². The van der Waals surface area contributed by atoms with Crippen molar-refractivity contribution in [1.82, 2.24) is 5.32 Å². The van der Waals surface area contributed by atoms with Crippen LogP contribution in [-0.4, -0.2) is 6.54 Å². The number of benzene rings is 2. The lowest BCUT2D eigenvalue weighted by Crippen LogP contribution is -2.22. The Kier molecular flexibility index (Phi) is 3.57. The van der Waals surface area contributed by atoms with Crippen molar-refractivity contribution in [3.05, 3.63) is 71.7 Å². The van der Waals surface area contributed by atoms with Gasteiger partial charge in [0.25, 0.3) is 0 Å². The summed E-state index contributed by atoms with van der Waals surface area (Å²) in [6.07, 6.45) is 1.76. The molecule has 1 atom stereocenters. The predicted molar refractivity (Wildman–Crippen MR) is 82.9 cm³/mol. The third-order valence-corrected chi connectivity index (χ3v) is 3.68. The van der Waals surface area contributed by atoms with Crippen LogP contribution in [0.15, 0.2) is 59.2 Å². The van der Waals surface area contributed by atoms with Gasteiger partial charge in [-0.3, -0.25) is 0 Å². The molecule has 102 valence electrons. The smallest absolute Gasteiger partial charge is 0.128 e. The first-order chi connectivity index (χ1) is 9.79. The molecule has 0 amide bonds. The summed E-state index contributed by atoms with van der Waals surface area (Å²) >= 11 is 0. The molecule has 1 heterocycles. The van der Waals surface area contributed by atoms with E-state index in [-0.39, 0.29) is 6.04 Å². The van der Waals surface area contributed by atoms with Gasteiger partial charge in [-0.2, -0.15) is 0 Å². The standard InChI is InChI=1S/C18H19NO/c1-3-19-17(18-13(2)10-11-20-18)16-9-8-14-6-4-5-7-15(14)12-16/h4-12,17,19H,3H2,1-2H3. The van der Waals surface area contributed by atoms with Crippen molar-refractivity contribution in [3.63, 3.8) is 0 Å². The second-order valence-corrected chi connectivity index (χ2v) is 5.07. The fourth-order valence-corrected chi connectivity index (χ4v) is 2.63. The lowest BCUT2D eigenvalue weighted by molar-refractivity contribution is 0.449. The highest BCUT2D eigenvalue weighted by Gasteiger charge is 2.18. The van der Waals surface area contributed by atoms with Crippen molar-refractivity contribution >= 4 is 10.8 Å². The molecule has 0 bridgehead atoms. The monoisotopic (exact) mass is 265 g/mol. The van der Waals surface area contributed by atoms with Crippen LogP contribution in [-0.2, 0) is 0 Å². The van der Waals surface area contributed by atoms with Gasteiger partial charge in [0.1, 0.15) is 5.76 Å². The number of hydrogen-bond acceptors (Lipinski definition) is 2. The maximum absolute atomic E-state index is 5.68. The van der Waals surface area contributed by atoms with E-state index in [0.29, 0.717) is 0 Å². The normalized spacial score (nSPS) is 12.7. The molecule has 3 rings (SSSR count). The highest BCUT2D eigenvalue weighted by Crippen LogP contribution is 2.28. The summed E-state index contributed by atoms with van der Waals surface area (Å²) in [5.74, 6) is 1.00.